The summed E-state index contributed by atoms with van der Waals surface area (Å²) in [6.45, 7) is 8.38. The van der Waals surface area contributed by atoms with Crippen molar-refractivity contribution in [2.24, 2.45) is 0 Å². The van der Waals surface area contributed by atoms with Crippen LogP contribution >= 0.6 is 0 Å². The summed E-state index contributed by atoms with van der Waals surface area (Å²) in [4.78, 5) is 0. The van der Waals surface area contributed by atoms with E-state index in [0.29, 0.717) is 12.6 Å². The Kier molecular flexibility index (Phi) is 4.37. The third-order valence-electron chi connectivity index (χ3n) is 2.43. The summed E-state index contributed by atoms with van der Waals surface area (Å²) in [6.07, 6.45) is 1.76. The zero-order valence-electron chi connectivity index (χ0n) is 9.71. The molecule has 0 amide bonds. The zero-order valence-corrected chi connectivity index (χ0v) is 9.71. The SMILES string of the molecule is C=CCOc1cc(C)ccc1C(C)NC. The molecule has 1 N–H and O–H groups in total. The molecule has 15 heavy (non-hydrogen) atoms. The molecule has 0 heterocycles. The van der Waals surface area contributed by atoms with Crippen molar-refractivity contribution >= 4 is 0 Å². The smallest absolute Gasteiger partial charge is 0.124 e. The molecule has 2 heteroatoms. The number of ether oxygens (including phenoxy) is 1. The molecule has 82 valence electrons. The van der Waals surface area contributed by atoms with Crippen LogP contribution in [0.5, 0.6) is 5.75 Å². The summed E-state index contributed by atoms with van der Waals surface area (Å²) in [5, 5.41) is 3.21. The quantitative estimate of drug-likeness (QED) is 0.746. The minimum atomic E-state index is 0.297. The highest BCUT2D eigenvalue weighted by molar-refractivity contribution is 5.39. The second kappa shape index (κ2) is 5.56. The average Bonchev–Trinajstić information content (AvgIpc) is 2.25. The molecule has 1 atom stereocenters. The van der Waals surface area contributed by atoms with Crippen molar-refractivity contribution in [1.29, 1.82) is 0 Å². The first kappa shape index (κ1) is 11.8. The first-order valence-corrected chi connectivity index (χ1v) is 5.20. The van der Waals surface area contributed by atoms with Gasteiger partial charge in [-0.2, -0.15) is 0 Å². The van der Waals surface area contributed by atoms with E-state index < -0.39 is 0 Å². The molecule has 2 nitrogen and oxygen atoms in total. The van der Waals surface area contributed by atoms with Crippen molar-refractivity contribution in [2.45, 2.75) is 19.9 Å². The molecular formula is C13H19NO. The summed E-state index contributed by atoms with van der Waals surface area (Å²) in [5.74, 6) is 0.941. The fraction of sp³-hybridized carbons (Fsp3) is 0.385. The molecule has 1 unspecified atom stereocenters. The van der Waals surface area contributed by atoms with Crippen LogP contribution < -0.4 is 10.1 Å². The van der Waals surface area contributed by atoms with Gasteiger partial charge in [0.25, 0.3) is 0 Å². The van der Waals surface area contributed by atoms with Crippen LogP contribution in [0.1, 0.15) is 24.1 Å². The second-order valence-electron chi connectivity index (χ2n) is 3.65. The number of hydrogen-bond donors (Lipinski definition) is 1. The second-order valence-corrected chi connectivity index (χ2v) is 3.65. The summed E-state index contributed by atoms with van der Waals surface area (Å²) in [7, 11) is 1.95. The van der Waals surface area contributed by atoms with Gasteiger partial charge >= 0.3 is 0 Å². The van der Waals surface area contributed by atoms with Crippen LogP contribution in [0.4, 0.5) is 0 Å². The minimum absolute atomic E-state index is 0.297. The third-order valence-corrected chi connectivity index (χ3v) is 2.43. The first-order valence-electron chi connectivity index (χ1n) is 5.20. The van der Waals surface area contributed by atoms with Crippen molar-refractivity contribution in [3.05, 3.63) is 42.0 Å². The van der Waals surface area contributed by atoms with Gasteiger partial charge < -0.3 is 10.1 Å². The van der Waals surface area contributed by atoms with Gasteiger partial charge in [0, 0.05) is 11.6 Å². The van der Waals surface area contributed by atoms with E-state index in [-0.39, 0.29) is 0 Å². The van der Waals surface area contributed by atoms with Crippen molar-refractivity contribution in [2.75, 3.05) is 13.7 Å². The van der Waals surface area contributed by atoms with E-state index >= 15 is 0 Å². The Balaban J connectivity index is 2.96. The molecule has 1 aromatic carbocycles. The predicted molar refractivity (Wildman–Crippen MR) is 64.3 cm³/mol. The number of hydrogen-bond acceptors (Lipinski definition) is 2. The van der Waals surface area contributed by atoms with Gasteiger partial charge in [-0.05, 0) is 32.5 Å². The van der Waals surface area contributed by atoms with Gasteiger partial charge in [-0.1, -0.05) is 24.8 Å². The number of nitrogens with one attached hydrogen (secondary N) is 1. The predicted octanol–water partition coefficient (Wildman–Crippen LogP) is 2.84. The van der Waals surface area contributed by atoms with Crippen LogP contribution in [0.3, 0.4) is 0 Å². The Morgan fingerprint density at radius 1 is 1.53 bits per heavy atom. The lowest BCUT2D eigenvalue weighted by atomic mass is 10.1. The number of rotatable bonds is 5. The highest BCUT2D eigenvalue weighted by Crippen LogP contribution is 2.26. The van der Waals surface area contributed by atoms with Gasteiger partial charge in [0.2, 0.25) is 0 Å². The molecule has 0 bridgehead atoms. The monoisotopic (exact) mass is 205 g/mol. The van der Waals surface area contributed by atoms with Crippen LogP contribution in [0, 0.1) is 6.92 Å². The number of aryl methyl sites for hydroxylation is 1. The molecule has 1 aromatic rings. The topological polar surface area (TPSA) is 21.3 Å². The lowest BCUT2D eigenvalue weighted by Gasteiger charge is -2.16. The van der Waals surface area contributed by atoms with Crippen LogP contribution in [-0.2, 0) is 0 Å². The maximum absolute atomic E-state index is 5.63. The van der Waals surface area contributed by atoms with Gasteiger partial charge in [0.05, 0.1) is 0 Å². The Labute approximate surface area is 92.0 Å². The fourth-order valence-electron chi connectivity index (χ4n) is 1.43. The maximum Gasteiger partial charge on any atom is 0.124 e. The van der Waals surface area contributed by atoms with Crippen LogP contribution in [0.15, 0.2) is 30.9 Å². The summed E-state index contributed by atoms with van der Waals surface area (Å²) in [6, 6.07) is 6.57. The van der Waals surface area contributed by atoms with Gasteiger partial charge in [-0.3, -0.25) is 0 Å². The third kappa shape index (κ3) is 3.10. The molecule has 1 rings (SSSR count). The Morgan fingerprint density at radius 3 is 2.87 bits per heavy atom. The highest BCUT2D eigenvalue weighted by atomic mass is 16.5. The van der Waals surface area contributed by atoms with E-state index in [0.717, 1.165) is 5.75 Å². The molecule has 0 radical (unpaired) electrons. The van der Waals surface area contributed by atoms with Crippen LogP contribution in [-0.4, -0.2) is 13.7 Å². The number of benzene rings is 1. The van der Waals surface area contributed by atoms with Crippen molar-refractivity contribution in [3.63, 3.8) is 0 Å². The van der Waals surface area contributed by atoms with Gasteiger partial charge in [0.15, 0.2) is 0 Å². The van der Waals surface area contributed by atoms with Gasteiger partial charge in [0.1, 0.15) is 12.4 Å². The Bertz CT molecular complexity index is 333. The lowest BCUT2D eigenvalue weighted by Crippen LogP contribution is -2.13. The summed E-state index contributed by atoms with van der Waals surface area (Å²) in [5.41, 5.74) is 2.39. The summed E-state index contributed by atoms with van der Waals surface area (Å²) < 4.78 is 5.63. The summed E-state index contributed by atoms with van der Waals surface area (Å²) >= 11 is 0. The molecule has 0 aliphatic carbocycles. The largest absolute Gasteiger partial charge is 0.489 e. The molecule has 0 aliphatic heterocycles. The van der Waals surface area contributed by atoms with Gasteiger partial charge in [-0.15, -0.1) is 0 Å². The van der Waals surface area contributed by atoms with E-state index in [9.17, 15) is 0 Å². The van der Waals surface area contributed by atoms with Crippen molar-refractivity contribution < 1.29 is 4.74 Å². The maximum atomic E-state index is 5.63. The fourth-order valence-corrected chi connectivity index (χ4v) is 1.43. The molecule has 0 spiro atoms. The standard InChI is InChI=1S/C13H19NO/c1-5-8-15-13-9-10(2)6-7-12(13)11(3)14-4/h5-7,9,11,14H,1,8H2,2-4H3. The molecule has 0 aromatic heterocycles. The van der Waals surface area contributed by atoms with Crippen molar-refractivity contribution in [3.8, 4) is 5.75 Å². The first-order chi connectivity index (χ1) is 7.19. The van der Waals surface area contributed by atoms with Crippen LogP contribution in [0.2, 0.25) is 0 Å². The van der Waals surface area contributed by atoms with E-state index in [4.69, 9.17) is 4.74 Å². The molecule has 0 fully saturated rings. The average molecular weight is 205 g/mol. The minimum Gasteiger partial charge on any atom is -0.489 e. The van der Waals surface area contributed by atoms with Gasteiger partial charge in [-0.25, -0.2) is 0 Å². The molecule has 0 aliphatic rings. The van der Waals surface area contributed by atoms with Crippen molar-refractivity contribution in [1.82, 2.24) is 5.32 Å². The van der Waals surface area contributed by atoms with E-state index in [2.05, 4.69) is 43.9 Å². The molecular weight excluding hydrogens is 186 g/mol. The molecule has 0 saturated heterocycles. The van der Waals surface area contributed by atoms with E-state index in [1.54, 1.807) is 6.08 Å². The zero-order chi connectivity index (χ0) is 11.3. The molecule has 0 saturated carbocycles. The Morgan fingerprint density at radius 2 is 2.27 bits per heavy atom. The lowest BCUT2D eigenvalue weighted by molar-refractivity contribution is 0.355. The van der Waals surface area contributed by atoms with Crippen LogP contribution in [0.25, 0.3) is 0 Å². The van der Waals surface area contributed by atoms with E-state index in [1.807, 2.05) is 7.05 Å². The highest BCUT2D eigenvalue weighted by Gasteiger charge is 2.09. The Hall–Kier alpha value is -1.28. The normalized spacial score (nSPS) is 12.2. The van der Waals surface area contributed by atoms with E-state index in [1.165, 1.54) is 11.1 Å².